The van der Waals surface area contributed by atoms with Gasteiger partial charge in [-0.1, -0.05) is 128 Å². The van der Waals surface area contributed by atoms with E-state index < -0.39 is 0 Å². The van der Waals surface area contributed by atoms with Crippen molar-refractivity contribution in [1.82, 2.24) is 0 Å². The first-order chi connectivity index (χ1) is 16.8. The van der Waals surface area contributed by atoms with Crippen LogP contribution in [0.1, 0.15) is 18.4 Å². The molecule has 0 bridgehead atoms. The monoisotopic (exact) mass is 434 g/mol. The summed E-state index contributed by atoms with van der Waals surface area (Å²) in [6.45, 7) is 4.35. The first-order valence-corrected chi connectivity index (χ1v) is 12.0. The molecule has 0 aliphatic heterocycles. The first kappa shape index (κ1) is 20.4. The fraction of sp³-hybridized carbons (Fsp3) is 0.0588. The minimum Gasteiger partial charge on any atom is -0.0912 e. The van der Waals surface area contributed by atoms with Crippen LogP contribution >= 0.6 is 0 Å². The van der Waals surface area contributed by atoms with E-state index in [1.54, 1.807) is 0 Å². The molecule has 34 heavy (non-hydrogen) atoms. The predicted octanol–water partition coefficient (Wildman–Crippen LogP) is 9.66. The highest BCUT2D eigenvalue weighted by Gasteiger charge is 2.15. The second-order valence-electron chi connectivity index (χ2n) is 8.90. The van der Waals surface area contributed by atoms with Gasteiger partial charge in [0.15, 0.2) is 0 Å². The van der Waals surface area contributed by atoms with Crippen LogP contribution in [-0.2, 0) is 0 Å². The average molecular weight is 435 g/mol. The van der Waals surface area contributed by atoms with Crippen molar-refractivity contribution in [2.45, 2.75) is 12.8 Å². The van der Waals surface area contributed by atoms with Gasteiger partial charge in [-0.2, -0.15) is 0 Å². The molecule has 0 radical (unpaired) electrons. The van der Waals surface area contributed by atoms with Gasteiger partial charge in [-0.15, -0.1) is 0 Å². The van der Waals surface area contributed by atoms with E-state index in [-0.39, 0.29) is 0 Å². The van der Waals surface area contributed by atoms with Gasteiger partial charge in [0.25, 0.3) is 0 Å². The van der Waals surface area contributed by atoms with Gasteiger partial charge in [0.2, 0.25) is 0 Å². The molecule has 0 aromatic heterocycles. The van der Waals surface area contributed by atoms with E-state index in [4.69, 9.17) is 0 Å². The molecule has 0 saturated carbocycles. The normalized spacial score (nSPS) is 13.7. The van der Waals surface area contributed by atoms with E-state index in [1.807, 2.05) is 0 Å². The molecule has 5 aromatic carbocycles. The number of allylic oxidation sites excluding steroid dienone is 6. The molecule has 0 heteroatoms. The van der Waals surface area contributed by atoms with Gasteiger partial charge in [-0.05, 0) is 73.0 Å². The summed E-state index contributed by atoms with van der Waals surface area (Å²) in [5.74, 6) is 0. The van der Waals surface area contributed by atoms with Gasteiger partial charge in [0.1, 0.15) is 0 Å². The summed E-state index contributed by atoms with van der Waals surface area (Å²) in [5.41, 5.74) is 6.11. The Balaban J connectivity index is 1.63. The van der Waals surface area contributed by atoms with Crippen molar-refractivity contribution in [3.05, 3.63) is 139 Å². The SMILES string of the molecule is C=C(/C=C/c1c2ccccc2c(-c2cccc3ccccc23)c2ccccc12)C1=CCCC=C1. The van der Waals surface area contributed by atoms with Gasteiger partial charge in [0.05, 0.1) is 0 Å². The zero-order valence-electron chi connectivity index (χ0n) is 19.2. The highest BCUT2D eigenvalue weighted by molar-refractivity contribution is 6.20. The molecule has 0 unspecified atom stereocenters. The Morgan fingerprint density at radius 3 is 1.94 bits per heavy atom. The fourth-order valence-corrected chi connectivity index (χ4v) is 5.21. The zero-order chi connectivity index (χ0) is 22.9. The Labute approximate surface area is 200 Å². The lowest BCUT2D eigenvalue weighted by Gasteiger charge is -2.17. The molecular weight excluding hydrogens is 408 g/mol. The van der Waals surface area contributed by atoms with Crippen LogP contribution in [0.3, 0.4) is 0 Å². The second-order valence-corrected chi connectivity index (χ2v) is 8.90. The predicted molar refractivity (Wildman–Crippen MR) is 149 cm³/mol. The van der Waals surface area contributed by atoms with Gasteiger partial charge in [0, 0.05) is 0 Å². The maximum Gasteiger partial charge on any atom is -0.00201 e. The Morgan fingerprint density at radius 1 is 0.647 bits per heavy atom. The third kappa shape index (κ3) is 3.49. The van der Waals surface area contributed by atoms with Gasteiger partial charge in [-0.25, -0.2) is 0 Å². The average Bonchev–Trinajstić information content (AvgIpc) is 2.91. The summed E-state index contributed by atoms with van der Waals surface area (Å²) in [6.07, 6.45) is 13.3. The largest absolute Gasteiger partial charge is 0.0912 e. The Morgan fingerprint density at radius 2 is 1.26 bits per heavy atom. The highest BCUT2D eigenvalue weighted by Crippen LogP contribution is 2.42. The fourth-order valence-electron chi connectivity index (χ4n) is 5.21. The molecule has 0 fully saturated rings. The highest BCUT2D eigenvalue weighted by atomic mass is 14.2. The van der Waals surface area contributed by atoms with Crippen molar-refractivity contribution in [1.29, 1.82) is 0 Å². The number of hydrogen-bond donors (Lipinski definition) is 0. The second kappa shape index (κ2) is 8.65. The minimum atomic E-state index is 1.06. The van der Waals surface area contributed by atoms with Crippen molar-refractivity contribution >= 4 is 38.4 Å². The lowest BCUT2D eigenvalue weighted by atomic mass is 9.86. The van der Waals surface area contributed by atoms with Crippen LogP contribution in [0.25, 0.3) is 49.5 Å². The van der Waals surface area contributed by atoms with Gasteiger partial charge in [-0.3, -0.25) is 0 Å². The molecule has 0 atom stereocenters. The Kier molecular flexibility index (Phi) is 5.20. The van der Waals surface area contributed by atoms with Gasteiger partial charge < -0.3 is 0 Å². The number of rotatable bonds is 4. The van der Waals surface area contributed by atoms with Crippen LogP contribution in [0.5, 0.6) is 0 Å². The summed E-state index contributed by atoms with van der Waals surface area (Å²) in [4.78, 5) is 0. The first-order valence-electron chi connectivity index (χ1n) is 12.0. The smallest absolute Gasteiger partial charge is 0.00201 e. The molecule has 0 amide bonds. The molecule has 5 aromatic rings. The van der Waals surface area contributed by atoms with Crippen molar-refractivity contribution in [2.24, 2.45) is 0 Å². The van der Waals surface area contributed by atoms with Crippen LogP contribution < -0.4 is 0 Å². The van der Waals surface area contributed by atoms with E-state index in [9.17, 15) is 0 Å². The summed E-state index contributed by atoms with van der Waals surface area (Å²) in [5, 5.41) is 7.64. The van der Waals surface area contributed by atoms with E-state index in [2.05, 4.69) is 128 Å². The summed E-state index contributed by atoms with van der Waals surface area (Å²) in [7, 11) is 0. The van der Waals surface area contributed by atoms with Crippen molar-refractivity contribution < 1.29 is 0 Å². The zero-order valence-corrected chi connectivity index (χ0v) is 19.2. The summed E-state index contributed by atoms with van der Waals surface area (Å²) < 4.78 is 0. The minimum absolute atomic E-state index is 1.06. The maximum absolute atomic E-state index is 4.35. The van der Waals surface area contributed by atoms with Crippen LogP contribution in [-0.4, -0.2) is 0 Å². The van der Waals surface area contributed by atoms with Crippen LogP contribution in [0.15, 0.2) is 133 Å². The molecule has 0 nitrogen and oxygen atoms in total. The molecule has 1 aliphatic rings. The lowest BCUT2D eigenvalue weighted by Crippen LogP contribution is -1.91. The summed E-state index contributed by atoms with van der Waals surface area (Å²) >= 11 is 0. The van der Waals surface area contributed by atoms with Crippen LogP contribution in [0.2, 0.25) is 0 Å². The number of fused-ring (bicyclic) bond motifs is 3. The molecule has 0 N–H and O–H groups in total. The third-order valence-electron chi connectivity index (χ3n) is 6.85. The Bertz CT molecular complexity index is 1590. The molecule has 6 rings (SSSR count). The van der Waals surface area contributed by atoms with E-state index in [0.717, 1.165) is 18.4 Å². The van der Waals surface area contributed by atoms with Crippen molar-refractivity contribution in [3.8, 4) is 11.1 Å². The standard InChI is InChI=1S/C34H26/c1-24(25-12-3-2-4-13-25)22-23-30-28-17-7-9-19-32(28)34(33-20-10-8-18-29(30)33)31-21-11-15-26-14-5-6-16-27(26)31/h3,5-23H,1-2,4H2/b23-22+. The molecule has 1 aliphatic carbocycles. The Hall–Kier alpha value is -4.16. The quantitative estimate of drug-likeness (QED) is 0.195. The molecule has 0 spiro atoms. The van der Waals surface area contributed by atoms with E-state index in [0.29, 0.717) is 0 Å². The van der Waals surface area contributed by atoms with Crippen molar-refractivity contribution in [2.75, 3.05) is 0 Å². The topological polar surface area (TPSA) is 0 Å². The molecule has 0 saturated heterocycles. The third-order valence-corrected chi connectivity index (χ3v) is 6.85. The lowest BCUT2D eigenvalue weighted by molar-refractivity contribution is 1.02. The molecule has 0 heterocycles. The molecule has 162 valence electrons. The summed E-state index contributed by atoms with van der Waals surface area (Å²) in [6, 6.07) is 32.9. The van der Waals surface area contributed by atoms with E-state index >= 15 is 0 Å². The van der Waals surface area contributed by atoms with Crippen molar-refractivity contribution in [3.63, 3.8) is 0 Å². The number of benzene rings is 5. The molecular formula is C34H26. The van der Waals surface area contributed by atoms with Gasteiger partial charge >= 0.3 is 0 Å². The van der Waals surface area contributed by atoms with E-state index in [1.165, 1.54) is 54.6 Å². The number of hydrogen-bond acceptors (Lipinski definition) is 0. The maximum atomic E-state index is 4.35. The van der Waals surface area contributed by atoms with Crippen LogP contribution in [0.4, 0.5) is 0 Å². The van der Waals surface area contributed by atoms with Crippen LogP contribution in [0, 0.1) is 0 Å².